The van der Waals surface area contributed by atoms with E-state index < -0.39 is 21.7 Å². The number of rotatable bonds is 6. The first-order valence-corrected chi connectivity index (χ1v) is 9.12. The molecule has 2 aliphatic carbocycles. The quantitative estimate of drug-likeness (QED) is 0.682. The molecule has 0 aromatic heterocycles. The van der Waals surface area contributed by atoms with Gasteiger partial charge in [-0.3, -0.25) is 9.59 Å². The van der Waals surface area contributed by atoms with Crippen LogP contribution in [0, 0.1) is 11.3 Å². The van der Waals surface area contributed by atoms with Gasteiger partial charge < -0.3 is 15.1 Å². The first kappa shape index (κ1) is 18.3. The summed E-state index contributed by atoms with van der Waals surface area (Å²) in [5, 5.41) is 19.2. The van der Waals surface area contributed by atoms with Crippen molar-refractivity contribution in [2.45, 2.75) is 56.7 Å². The lowest BCUT2D eigenvalue weighted by molar-refractivity contribution is -0.148. The van der Waals surface area contributed by atoms with E-state index in [1.807, 2.05) is 6.92 Å². The van der Waals surface area contributed by atoms with Gasteiger partial charge in [0.25, 0.3) is 0 Å². The van der Waals surface area contributed by atoms with Crippen LogP contribution in [-0.2, 0) is 9.59 Å². The van der Waals surface area contributed by atoms with E-state index in [2.05, 4.69) is 20.8 Å². The van der Waals surface area contributed by atoms with Crippen LogP contribution in [0.5, 0.6) is 0 Å². The third-order valence-electron chi connectivity index (χ3n) is 5.21. The lowest BCUT2D eigenvalue weighted by atomic mass is 9.73. The van der Waals surface area contributed by atoms with Gasteiger partial charge in [0.05, 0.1) is 5.41 Å². The van der Waals surface area contributed by atoms with Crippen molar-refractivity contribution in [1.82, 2.24) is 4.90 Å². The molecular weight excluding hydrogens is 362 g/mol. The molecule has 6 heteroatoms. The molecule has 2 N–H and O–H groups in total. The molecule has 0 spiro atoms. The van der Waals surface area contributed by atoms with Crippen LogP contribution < -0.4 is 0 Å². The molecule has 0 aromatic rings. The van der Waals surface area contributed by atoms with Crippen LogP contribution in [0.4, 0.5) is 0 Å². The van der Waals surface area contributed by atoms with Gasteiger partial charge in [-0.25, -0.2) is 0 Å². The zero-order valence-electron chi connectivity index (χ0n) is 13.8. The van der Waals surface area contributed by atoms with Crippen LogP contribution in [-0.4, -0.2) is 44.5 Å². The zero-order valence-corrected chi connectivity index (χ0v) is 15.4. The average molecular weight is 388 g/mol. The summed E-state index contributed by atoms with van der Waals surface area (Å²) in [5.41, 5.74) is -0.326. The third-order valence-corrected chi connectivity index (χ3v) is 6.11. The van der Waals surface area contributed by atoms with E-state index in [1.165, 1.54) is 25.7 Å². The number of hydrogen-bond acceptors (Lipinski definition) is 3. The maximum Gasteiger partial charge on any atom is 0.320 e. The molecule has 0 radical (unpaired) electrons. The van der Waals surface area contributed by atoms with Crippen molar-refractivity contribution in [1.29, 1.82) is 0 Å². The minimum atomic E-state index is -1.21. The molecular formula is C17H26BrNO4. The Morgan fingerprint density at radius 2 is 1.91 bits per heavy atom. The van der Waals surface area contributed by atoms with E-state index in [4.69, 9.17) is 0 Å². The van der Waals surface area contributed by atoms with Crippen molar-refractivity contribution >= 4 is 27.9 Å². The van der Waals surface area contributed by atoms with Gasteiger partial charge in [-0.1, -0.05) is 28.8 Å². The molecule has 0 heterocycles. The van der Waals surface area contributed by atoms with E-state index in [1.54, 1.807) is 13.0 Å². The summed E-state index contributed by atoms with van der Waals surface area (Å²) in [6.45, 7) is 5.30. The monoisotopic (exact) mass is 387 g/mol. The molecule has 1 saturated carbocycles. The normalized spacial score (nSPS) is 31.7. The summed E-state index contributed by atoms with van der Waals surface area (Å²) in [6.07, 6.45) is 7.07. The maximum absolute atomic E-state index is 11.7. The maximum atomic E-state index is 11.7. The minimum Gasteiger partial charge on any atom is -0.481 e. The number of alkyl halides is 1. The number of hydrogen-bond donors (Lipinski definition) is 2. The van der Waals surface area contributed by atoms with Gasteiger partial charge in [0, 0.05) is 25.2 Å². The largest absolute Gasteiger partial charge is 0.481 e. The van der Waals surface area contributed by atoms with E-state index in [0.29, 0.717) is 12.3 Å². The second kappa shape index (κ2) is 6.83. The van der Waals surface area contributed by atoms with Crippen molar-refractivity contribution in [3.63, 3.8) is 0 Å². The molecule has 0 bridgehead atoms. The minimum absolute atomic E-state index is 0.0507. The fourth-order valence-corrected chi connectivity index (χ4v) is 4.72. The summed E-state index contributed by atoms with van der Waals surface area (Å²) in [7, 11) is 0. The summed E-state index contributed by atoms with van der Waals surface area (Å²) in [4.78, 5) is 25.6. The lowest BCUT2D eigenvalue weighted by Gasteiger charge is -2.41. The summed E-state index contributed by atoms with van der Waals surface area (Å²) < 4.78 is -1.21. The first-order valence-electron chi connectivity index (χ1n) is 8.32. The Labute approximate surface area is 145 Å². The molecule has 130 valence electrons. The highest BCUT2D eigenvalue weighted by molar-refractivity contribution is 9.10. The second-order valence-corrected chi connectivity index (χ2v) is 8.69. The predicted molar refractivity (Wildman–Crippen MR) is 91.6 cm³/mol. The Morgan fingerprint density at radius 3 is 2.39 bits per heavy atom. The fourth-order valence-electron chi connectivity index (χ4n) is 3.85. The van der Waals surface area contributed by atoms with Gasteiger partial charge in [0.15, 0.2) is 0 Å². The smallest absolute Gasteiger partial charge is 0.320 e. The molecule has 2 rings (SSSR count). The Kier molecular flexibility index (Phi) is 5.44. The predicted octanol–water partition coefficient (Wildman–Crippen LogP) is 3.49. The van der Waals surface area contributed by atoms with Crippen molar-refractivity contribution < 1.29 is 19.8 Å². The van der Waals surface area contributed by atoms with Gasteiger partial charge >= 0.3 is 11.9 Å². The van der Waals surface area contributed by atoms with Crippen LogP contribution in [0.25, 0.3) is 0 Å². The van der Waals surface area contributed by atoms with Crippen molar-refractivity contribution in [3.05, 3.63) is 11.8 Å². The second-order valence-electron chi connectivity index (χ2n) is 7.17. The molecule has 5 nitrogen and oxygen atoms in total. The number of allylic oxidation sites excluding steroid dienone is 1. The fraction of sp³-hybridized carbons (Fsp3) is 0.765. The Morgan fingerprint density at radius 1 is 1.30 bits per heavy atom. The summed E-state index contributed by atoms with van der Waals surface area (Å²) in [5.74, 6) is -1.34. The zero-order chi connectivity index (χ0) is 17.3. The van der Waals surface area contributed by atoms with Crippen LogP contribution in [0.2, 0.25) is 0 Å². The molecule has 0 aliphatic heterocycles. The van der Waals surface area contributed by atoms with E-state index in [0.717, 1.165) is 18.8 Å². The van der Waals surface area contributed by atoms with Gasteiger partial charge in [-0.2, -0.15) is 0 Å². The Hall–Kier alpha value is -1.04. The average Bonchev–Trinajstić information content (AvgIpc) is 2.96. The van der Waals surface area contributed by atoms with E-state index in [-0.39, 0.29) is 6.42 Å². The highest BCUT2D eigenvalue weighted by Gasteiger charge is 2.50. The summed E-state index contributed by atoms with van der Waals surface area (Å²) in [6, 6.07) is 0. The molecule has 0 saturated heterocycles. The van der Waals surface area contributed by atoms with Gasteiger partial charge in [-0.05, 0) is 45.1 Å². The molecule has 2 unspecified atom stereocenters. The standard InChI is InChI=1S/C17H26BrNO4/c1-3-19(10-12-6-4-5-7-12)13-8-16(2,14(20)21)11-17(18,9-13)15(22)23/h8,12H,3-7,9-11H2,1-2H3,(H,20,21)(H,22,23). The first-order chi connectivity index (χ1) is 10.7. The van der Waals surface area contributed by atoms with Crippen LogP contribution >= 0.6 is 15.9 Å². The highest BCUT2D eigenvalue weighted by Crippen LogP contribution is 2.46. The van der Waals surface area contributed by atoms with Crippen LogP contribution in [0.15, 0.2) is 11.8 Å². The molecule has 1 fully saturated rings. The number of carboxylic acids is 2. The van der Waals surface area contributed by atoms with E-state index in [9.17, 15) is 19.8 Å². The number of carbonyl (C=O) groups is 2. The highest BCUT2D eigenvalue weighted by atomic mass is 79.9. The van der Waals surface area contributed by atoms with Crippen molar-refractivity contribution in [2.75, 3.05) is 13.1 Å². The van der Waals surface area contributed by atoms with Crippen LogP contribution in [0.1, 0.15) is 52.4 Å². The Bertz CT molecular complexity index is 515. The lowest BCUT2D eigenvalue weighted by Crippen LogP contribution is -2.46. The van der Waals surface area contributed by atoms with Gasteiger partial charge in [-0.15, -0.1) is 0 Å². The van der Waals surface area contributed by atoms with Gasteiger partial charge in [0.2, 0.25) is 0 Å². The van der Waals surface area contributed by atoms with Crippen molar-refractivity contribution in [3.8, 4) is 0 Å². The molecule has 0 amide bonds. The summed E-state index contributed by atoms with van der Waals surface area (Å²) >= 11 is 3.32. The molecule has 2 atom stereocenters. The molecule has 0 aromatic carbocycles. The molecule has 23 heavy (non-hydrogen) atoms. The third kappa shape index (κ3) is 3.90. The van der Waals surface area contributed by atoms with E-state index >= 15 is 0 Å². The van der Waals surface area contributed by atoms with Crippen LogP contribution in [0.3, 0.4) is 0 Å². The Balaban J connectivity index is 2.30. The number of nitrogens with zero attached hydrogens (tertiary/aromatic N) is 1. The number of aliphatic carboxylic acids is 2. The SMILES string of the molecule is CCN(CC1CCCC1)C1=CC(C)(C(=O)O)CC(Br)(C(=O)O)C1. The number of carboxylic acid groups (broad SMARTS) is 2. The van der Waals surface area contributed by atoms with Crippen molar-refractivity contribution in [2.24, 2.45) is 11.3 Å². The van der Waals surface area contributed by atoms with Gasteiger partial charge in [0.1, 0.15) is 4.32 Å². The topological polar surface area (TPSA) is 77.8 Å². The molecule has 2 aliphatic rings. The number of halogens is 1.